The fourth-order valence-corrected chi connectivity index (χ4v) is 1.38. The molecule has 2 aromatic heterocycles. The van der Waals surface area contributed by atoms with Gasteiger partial charge >= 0.3 is 5.63 Å². The minimum Gasteiger partial charge on any atom is -0.430 e. The van der Waals surface area contributed by atoms with E-state index >= 15 is 0 Å². The second-order valence-corrected chi connectivity index (χ2v) is 3.04. The van der Waals surface area contributed by atoms with Gasteiger partial charge in [-0.3, -0.25) is 4.79 Å². The Morgan fingerprint density at radius 2 is 2.29 bits per heavy atom. The third-order valence-electron chi connectivity index (χ3n) is 1.99. The van der Waals surface area contributed by atoms with Crippen molar-refractivity contribution >= 4 is 16.8 Å². The summed E-state index contributed by atoms with van der Waals surface area (Å²) in [5, 5.41) is 0.346. The Bertz CT molecular complexity index is 565. The number of fused-ring (bicyclic) bond motifs is 1. The molecular weight excluding hydrogens is 184 g/mol. The summed E-state index contributed by atoms with van der Waals surface area (Å²) in [5.74, 6) is -0.624. The fraction of sp³-hybridized carbons (Fsp3) is 0.111. The lowest BCUT2D eigenvalue weighted by molar-refractivity contribution is 0.0999. The number of aromatic nitrogens is 1. The van der Waals surface area contributed by atoms with Crippen molar-refractivity contribution in [3.8, 4) is 0 Å². The molecule has 0 radical (unpaired) electrons. The van der Waals surface area contributed by atoms with Crippen molar-refractivity contribution in [3.63, 3.8) is 0 Å². The smallest absolute Gasteiger partial charge is 0.345 e. The third kappa shape index (κ3) is 1.10. The van der Waals surface area contributed by atoms with Gasteiger partial charge < -0.3 is 15.1 Å². The van der Waals surface area contributed by atoms with Gasteiger partial charge in [-0.25, -0.2) is 4.79 Å². The summed E-state index contributed by atoms with van der Waals surface area (Å²) in [6.45, 7) is 1.78. The average Bonchev–Trinajstić information content (AvgIpc) is 2.47. The number of carbonyl (C=O) groups excluding carboxylic acids is 1. The van der Waals surface area contributed by atoms with Crippen molar-refractivity contribution in [1.82, 2.24) is 4.98 Å². The maximum absolute atomic E-state index is 11.2. The van der Waals surface area contributed by atoms with E-state index in [-0.39, 0.29) is 5.56 Å². The van der Waals surface area contributed by atoms with E-state index in [2.05, 4.69) is 9.40 Å². The number of H-pyrrole nitrogens is 1. The summed E-state index contributed by atoms with van der Waals surface area (Å²) in [6, 6.07) is 1.62. The van der Waals surface area contributed by atoms with Crippen LogP contribution in [0.3, 0.4) is 0 Å². The minimum atomic E-state index is -0.624. The molecule has 0 unspecified atom stereocenters. The van der Waals surface area contributed by atoms with Crippen LogP contribution in [-0.2, 0) is 0 Å². The number of carbonyl (C=O) groups is 1. The Balaban J connectivity index is 2.95. The van der Waals surface area contributed by atoms with Gasteiger partial charge in [-0.2, -0.15) is 0 Å². The van der Waals surface area contributed by atoms with Crippen LogP contribution < -0.4 is 11.4 Å². The lowest BCUT2D eigenvalue weighted by Gasteiger charge is -1.95. The molecule has 0 spiro atoms. The number of primary amides is 1. The van der Waals surface area contributed by atoms with Crippen LogP contribution in [0, 0.1) is 6.92 Å². The number of aryl methyl sites for hydroxylation is 1. The third-order valence-corrected chi connectivity index (χ3v) is 1.99. The van der Waals surface area contributed by atoms with Gasteiger partial charge in [0.1, 0.15) is 6.26 Å². The van der Waals surface area contributed by atoms with Gasteiger partial charge in [-0.05, 0) is 13.0 Å². The van der Waals surface area contributed by atoms with E-state index in [9.17, 15) is 9.59 Å². The summed E-state index contributed by atoms with van der Waals surface area (Å²) in [5.41, 5.74) is 6.04. The van der Waals surface area contributed by atoms with E-state index in [1.54, 1.807) is 13.0 Å². The van der Waals surface area contributed by atoms with Crippen molar-refractivity contribution in [1.29, 1.82) is 0 Å². The van der Waals surface area contributed by atoms with Crippen LogP contribution >= 0.6 is 0 Å². The van der Waals surface area contributed by atoms with E-state index < -0.39 is 11.5 Å². The first kappa shape index (κ1) is 8.55. The molecule has 72 valence electrons. The van der Waals surface area contributed by atoms with Crippen molar-refractivity contribution in [2.24, 2.45) is 5.73 Å². The molecule has 2 heterocycles. The summed E-state index contributed by atoms with van der Waals surface area (Å²) in [4.78, 5) is 25.1. The lowest BCUT2D eigenvalue weighted by atomic mass is 10.2. The molecule has 0 aliphatic heterocycles. The molecule has 0 bridgehead atoms. The van der Waals surface area contributed by atoms with Crippen LogP contribution in [0.1, 0.15) is 16.1 Å². The van der Waals surface area contributed by atoms with Crippen LogP contribution in [0.4, 0.5) is 0 Å². The van der Waals surface area contributed by atoms with E-state index in [1.807, 2.05) is 0 Å². The average molecular weight is 192 g/mol. The second-order valence-electron chi connectivity index (χ2n) is 3.04. The normalized spacial score (nSPS) is 10.6. The minimum absolute atomic E-state index is 0.188. The standard InChI is InChI=1S/C9H8N2O3/c1-4-2-5-7(11-4)6(8(10)12)3-14-9(5)13/h2-3,11H,1H3,(H2,10,12). The van der Waals surface area contributed by atoms with Crippen LogP contribution in [-0.4, -0.2) is 10.9 Å². The van der Waals surface area contributed by atoms with E-state index in [1.165, 1.54) is 0 Å². The predicted molar refractivity (Wildman–Crippen MR) is 50.1 cm³/mol. The molecule has 2 aromatic rings. The Hall–Kier alpha value is -2.04. The van der Waals surface area contributed by atoms with Gasteiger partial charge in [-0.1, -0.05) is 0 Å². The molecular formula is C9H8N2O3. The maximum atomic E-state index is 11.2. The van der Waals surface area contributed by atoms with E-state index in [0.717, 1.165) is 12.0 Å². The number of amides is 1. The number of hydrogen-bond acceptors (Lipinski definition) is 3. The van der Waals surface area contributed by atoms with Gasteiger partial charge in [-0.15, -0.1) is 0 Å². The highest BCUT2D eigenvalue weighted by Crippen LogP contribution is 2.15. The van der Waals surface area contributed by atoms with Crippen LogP contribution in [0.15, 0.2) is 21.5 Å². The van der Waals surface area contributed by atoms with Gasteiger partial charge in [0, 0.05) is 5.69 Å². The first-order valence-electron chi connectivity index (χ1n) is 4.00. The highest BCUT2D eigenvalue weighted by molar-refractivity contribution is 6.04. The molecule has 14 heavy (non-hydrogen) atoms. The number of nitrogens with two attached hydrogens (primary N) is 1. The number of nitrogens with one attached hydrogen (secondary N) is 1. The topological polar surface area (TPSA) is 89.1 Å². The van der Waals surface area contributed by atoms with Crippen LogP contribution in [0.5, 0.6) is 0 Å². The molecule has 0 atom stereocenters. The van der Waals surface area contributed by atoms with Crippen molar-refractivity contribution in [3.05, 3.63) is 34.0 Å². The quantitative estimate of drug-likeness (QED) is 0.690. The molecule has 2 rings (SSSR count). The van der Waals surface area contributed by atoms with Crippen LogP contribution in [0.25, 0.3) is 10.9 Å². The number of aromatic amines is 1. The summed E-state index contributed by atoms with van der Waals surface area (Å²) in [7, 11) is 0. The first-order chi connectivity index (χ1) is 6.59. The Morgan fingerprint density at radius 3 is 2.93 bits per heavy atom. The molecule has 0 fully saturated rings. The molecule has 5 heteroatoms. The largest absolute Gasteiger partial charge is 0.430 e. The summed E-state index contributed by atoms with van der Waals surface area (Å²) >= 11 is 0. The molecule has 0 aromatic carbocycles. The van der Waals surface area contributed by atoms with Crippen molar-refractivity contribution < 1.29 is 9.21 Å². The number of hydrogen-bond donors (Lipinski definition) is 2. The zero-order valence-electron chi connectivity index (χ0n) is 7.46. The number of rotatable bonds is 1. The highest BCUT2D eigenvalue weighted by atomic mass is 16.4. The van der Waals surface area contributed by atoms with Crippen LogP contribution in [0.2, 0.25) is 0 Å². The van der Waals surface area contributed by atoms with Gasteiger partial charge in [0.2, 0.25) is 0 Å². The van der Waals surface area contributed by atoms with E-state index in [0.29, 0.717) is 10.9 Å². The molecule has 3 N–H and O–H groups in total. The van der Waals surface area contributed by atoms with Gasteiger partial charge in [0.25, 0.3) is 5.91 Å². The predicted octanol–water partition coefficient (Wildman–Crippen LogP) is 0.528. The monoisotopic (exact) mass is 192 g/mol. The first-order valence-corrected chi connectivity index (χ1v) is 4.00. The zero-order valence-corrected chi connectivity index (χ0v) is 7.46. The lowest BCUT2D eigenvalue weighted by Crippen LogP contribution is -2.13. The molecule has 0 saturated heterocycles. The maximum Gasteiger partial charge on any atom is 0.345 e. The second kappa shape index (κ2) is 2.73. The molecule has 0 aliphatic carbocycles. The molecule has 0 saturated carbocycles. The molecule has 0 aliphatic rings. The molecule has 1 amide bonds. The SMILES string of the molecule is Cc1cc2c(=O)occ(C(N)=O)c2[nH]1. The Labute approximate surface area is 78.5 Å². The summed E-state index contributed by atoms with van der Waals surface area (Å²) in [6.07, 6.45) is 1.07. The fourth-order valence-electron chi connectivity index (χ4n) is 1.38. The van der Waals surface area contributed by atoms with Crippen molar-refractivity contribution in [2.45, 2.75) is 6.92 Å². The Morgan fingerprint density at radius 1 is 1.57 bits per heavy atom. The summed E-state index contributed by atoms with van der Waals surface area (Å²) < 4.78 is 4.67. The van der Waals surface area contributed by atoms with Crippen molar-refractivity contribution in [2.75, 3.05) is 0 Å². The molecule has 5 nitrogen and oxygen atoms in total. The zero-order chi connectivity index (χ0) is 10.3. The Kier molecular flexibility index (Phi) is 1.67. The van der Waals surface area contributed by atoms with Gasteiger partial charge in [0.05, 0.1) is 16.5 Å². The van der Waals surface area contributed by atoms with Gasteiger partial charge in [0.15, 0.2) is 0 Å². The highest BCUT2D eigenvalue weighted by Gasteiger charge is 2.12. The van der Waals surface area contributed by atoms with E-state index in [4.69, 9.17) is 5.73 Å².